The van der Waals surface area contributed by atoms with Crippen LogP contribution in [0.1, 0.15) is 20.4 Å². The molecule has 2 aromatic rings. The van der Waals surface area contributed by atoms with Crippen LogP contribution < -0.4 is 16.7 Å². The molecule has 1 fully saturated rings. The highest BCUT2D eigenvalue weighted by atomic mass is 32.1. The van der Waals surface area contributed by atoms with Crippen LogP contribution in [0.4, 0.5) is 10.2 Å². The number of aromatic nitrogens is 3. The van der Waals surface area contributed by atoms with Crippen molar-refractivity contribution in [1.82, 2.24) is 19.9 Å². The lowest BCUT2D eigenvalue weighted by Gasteiger charge is -2.38. The third-order valence-electron chi connectivity index (χ3n) is 4.42. The van der Waals surface area contributed by atoms with Crippen LogP contribution in [0.3, 0.4) is 0 Å². The maximum Gasteiger partial charge on any atom is 0.349 e. The molecular weight excluding hydrogens is 393 g/mol. The van der Waals surface area contributed by atoms with Gasteiger partial charge in [0.2, 0.25) is 0 Å². The predicted octanol–water partition coefficient (Wildman–Crippen LogP) is -1.04. The fourth-order valence-electron chi connectivity index (χ4n) is 2.95. The molecule has 0 aliphatic carbocycles. The molecule has 1 saturated heterocycles. The second-order valence-electron chi connectivity index (χ2n) is 6.48. The molecule has 152 valence electrons. The summed E-state index contributed by atoms with van der Waals surface area (Å²) in [5, 5.41) is 24.0. The van der Waals surface area contributed by atoms with Crippen molar-refractivity contribution in [2.45, 2.75) is 44.7 Å². The molecule has 0 aromatic carbocycles. The van der Waals surface area contributed by atoms with Gasteiger partial charge in [-0.05, 0) is 13.8 Å². The number of thiazole rings is 1. The molecule has 0 spiro atoms. The van der Waals surface area contributed by atoms with E-state index in [0.29, 0.717) is 0 Å². The Morgan fingerprint density at radius 3 is 2.79 bits per heavy atom. The van der Waals surface area contributed by atoms with E-state index < -0.39 is 47.6 Å². The van der Waals surface area contributed by atoms with Gasteiger partial charge in [-0.25, -0.2) is 14.2 Å². The maximum absolute atomic E-state index is 13.5. The number of carbonyl (C=O) groups is 1. The van der Waals surface area contributed by atoms with Crippen LogP contribution in [0.2, 0.25) is 0 Å². The third-order valence-corrected chi connectivity index (χ3v) is 5.31. The Hall–Kier alpha value is -2.41. The highest BCUT2D eigenvalue weighted by molar-refractivity contribution is 7.11. The van der Waals surface area contributed by atoms with Gasteiger partial charge >= 0.3 is 5.69 Å². The molecule has 0 radical (unpaired) electrons. The number of nitrogen functional groups attached to an aromatic ring is 1. The first kappa shape index (κ1) is 20.3. The fourth-order valence-corrected chi connectivity index (χ4v) is 3.76. The van der Waals surface area contributed by atoms with Gasteiger partial charge in [0.05, 0.1) is 24.2 Å². The number of anilines is 1. The number of nitrogens with two attached hydrogens (primary N) is 1. The highest BCUT2D eigenvalue weighted by Gasteiger charge is 2.39. The van der Waals surface area contributed by atoms with Crippen molar-refractivity contribution in [3.63, 3.8) is 0 Å². The van der Waals surface area contributed by atoms with E-state index in [-0.39, 0.29) is 18.8 Å². The van der Waals surface area contributed by atoms with Gasteiger partial charge < -0.3 is 26.0 Å². The average Bonchev–Trinajstić information content (AvgIpc) is 2.97. The van der Waals surface area contributed by atoms with Crippen molar-refractivity contribution in [2.75, 3.05) is 12.3 Å². The van der Waals surface area contributed by atoms with Crippen molar-refractivity contribution in [1.29, 1.82) is 0 Å². The first-order valence-corrected chi connectivity index (χ1v) is 9.24. The molecule has 3 heterocycles. The third kappa shape index (κ3) is 4.04. The van der Waals surface area contributed by atoms with Crippen LogP contribution in [0, 0.1) is 19.7 Å². The van der Waals surface area contributed by atoms with E-state index in [1.807, 2.05) is 0 Å². The zero-order valence-corrected chi connectivity index (χ0v) is 15.9. The van der Waals surface area contributed by atoms with E-state index in [0.717, 1.165) is 20.6 Å². The van der Waals surface area contributed by atoms with Crippen LogP contribution in [0.25, 0.3) is 0 Å². The minimum absolute atomic E-state index is 0.115. The molecule has 0 saturated carbocycles. The van der Waals surface area contributed by atoms with Gasteiger partial charge in [-0.3, -0.25) is 9.36 Å². The number of aliphatic hydroxyl groups is 2. The normalized spacial score (nSPS) is 24.9. The van der Waals surface area contributed by atoms with E-state index in [1.54, 1.807) is 13.8 Å². The summed E-state index contributed by atoms with van der Waals surface area (Å²) >= 11 is 1.37. The first-order chi connectivity index (χ1) is 13.2. The molecule has 3 rings (SSSR count). The minimum Gasteiger partial charge on any atom is -0.388 e. The molecule has 10 nitrogen and oxygen atoms in total. The molecule has 12 heteroatoms. The number of aliphatic hydroxyl groups excluding tert-OH is 2. The van der Waals surface area contributed by atoms with Crippen molar-refractivity contribution < 1.29 is 24.1 Å². The van der Waals surface area contributed by atoms with Gasteiger partial charge in [0.1, 0.15) is 24.0 Å². The van der Waals surface area contributed by atoms with Crippen LogP contribution in [0.5, 0.6) is 0 Å². The summed E-state index contributed by atoms with van der Waals surface area (Å²) < 4.78 is 19.9. The number of hydrogen-bond donors (Lipinski definition) is 4. The number of nitrogens with zero attached hydrogens (tertiary/aromatic N) is 3. The number of hydrogen-bond acceptors (Lipinski definition) is 9. The Labute approximate surface area is 162 Å². The predicted molar refractivity (Wildman–Crippen MR) is 97.5 cm³/mol. The topological polar surface area (TPSA) is 153 Å². The summed E-state index contributed by atoms with van der Waals surface area (Å²) in [4.78, 5) is 32.4. The van der Waals surface area contributed by atoms with Crippen molar-refractivity contribution in [2.24, 2.45) is 0 Å². The summed E-state index contributed by atoms with van der Waals surface area (Å²) in [6.45, 7) is 3.18. The van der Waals surface area contributed by atoms with Crippen molar-refractivity contribution in [3.8, 4) is 0 Å². The van der Waals surface area contributed by atoms with Crippen molar-refractivity contribution in [3.05, 3.63) is 38.1 Å². The fraction of sp³-hybridized carbons (Fsp3) is 0.500. The quantitative estimate of drug-likeness (QED) is 0.496. The van der Waals surface area contributed by atoms with Crippen LogP contribution in [0.15, 0.2) is 11.0 Å². The lowest BCUT2D eigenvalue weighted by atomic mass is 9.97. The van der Waals surface area contributed by atoms with Gasteiger partial charge in [0.25, 0.3) is 5.91 Å². The minimum atomic E-state index is -1.43. The second kappa shape index (κ2) is 7.91. The highest BCUT2D eigenvalue weighted by Crippen LogP contribution is 2.20. The summed E-state index contributed by atoms with van der Waals surface area (Å²) in [6.07, 6.45) is -2.93. The number of halogens is 1. The van der Waals surface area contributed by atoms with E-state index in [9.17, 15) is 24.2 Å². The maximum atomic E-state index is 13.5. The van der Waals surface area contributed by atoms with Gasteiger partial charge in [-0.15, -0.1) is 11.3 Å². The number of nitrogens with one attached hydrogen (secondary N) is 1. The van der Waals surface area contributed by atoms with E-state index in [1.165, 1.54) is 11.3 Å². The Kier molecular flexibility index (Phi) is 5.74. The molecule has 1 aliphatic rings. The summed E-state index contributed by atoms with van der Waals surface area (Å²) in [6, 6.07) is -0.877. The summed E-state index contributed by atoms with van der Waals surface area (Å²) in [5.74, 6) is -1.90. The van der Waals surface area contributed by atoms with Crippen molar-refractivity contribution >= 4 is 23.1 Å². The zero-order valence-electron chi connectivity index (χ0n) is 15.1. The van der Waals surface area contributed by atoms with E-state index in [2.05, 4.69) is 15.3 Å². The van der Waals surface area contributed by atoms with Gasteiger partial charge in [0, 0.05) is 11.1 Å². The second-order valence-corrected chi connectivity index (χ2v) is 7.89. The molecular formula is C16H20FN5O5S. The SMILES string of the molecule is Cc1nc(C(=O)N[C@@H]2CO[C@H](Cn3cc(F)c(N)nc3=O)[C@@H](O)[C@H]2O)c(C)s1. The zero-order chi connectivity index (χ0) is 20.6. The van der Waals surface area contributed by atoms with E-state index in [4.69, 9.17) is 10.5 Å². The van der Waals surface area contributed by atoms with E-state index >= 15 is 0 Å². The van der Waals surface area contributed by atoms with Crippen LogP contribution >= 0.6 is 11.3 Å². The smallest absolute Gasteiger partial charge is 0.349 e. The monoisotopic (exact) mass is 413 g/mol. The number of carbonyl (C=O) groups excluding carboxylic acids is 1. The lowest BCUT2D eigenvalue weighted by molar-refractivity contribution is -0.152. The Bertz CT molecular complexity index is 948. The summed E-state index contributed by atoms with van der Waals surface area (Å²) in [5.41, 5.74) is 4.67. The number of aryl methyl sites for hydroxylation is 2. The largest absolute Gasteiger partial charge is 0.388 e. The molecule has 1 aliphatic heterocycles. The first-order valence-electron chi connectivity index (χ1n) is 8.42. The van der Waals surface area contributed by atoms with Gasteiger partial charge in [-0.1, -0.05) is 0 Å². The lowest BCUT2D eigenvalue weighted by Crippen LogP contribution is -2.60. The number of amides is 1. The van der Waals surface area contributed by atoms with Crippen LogP contribution in [-0.4, -0.2) is 61.6 Å². The number of ether oxygens (including phenoxy) is 1. The van der Waals surface area contributed by atoms with Crippen LogP contribution in [-0.2, 0) is 11.3 Å². The Morgan fingerprint density at radius 2 is 2.14 bits per heavy atom. The molecule has 4 atom stereocenters. The molecule has 0 bridgehead atoms. The average molecular weight is 413 g/mol. The Morgan fingerprint density at radius 1 is 1.43 bits per heavy atom. The molecule has 0 unspecified atom stereocenters. The molecule has 5 N–H and O–H groups in total. The van der Waals surface area contributed by atoms with Gasteiger partial charge in [-0.2, -0.15) is 4.98 Å². The molecule has 1 amide bonds. The number of rotatable bonds is 4. The summed E-state index contributed by atoms with van der Waals surface area (Å²) in [7, 11) is 0. The molecule has 2 aromatic heterocycles. The Balaban J connectivity index is 1.67. The van der Waals surface area contributed by atoms with Gasteiger partial charge in [0.15, 0.2) is 11.6 Å². The standard InChI is InChI=1S/C16H20FN5O5S/c1-6-11(19-7(2)28-6)15(25)20-9-5-27-10(13(24)12(9)23)4-22-3-8(17)14(18)21-16(22)26/h3,9-10,12-13,23-24H,4-5H2,1-2H3,(H,20,25)(H2,18,21,26)/t9-,10-,12+,13-/m1/s1. The molecule has 28 heavy (non-hydrogen) atoms.